The van der Waals surface area contributed by atoms with Crippen molar-refractivity contribution in [1.29, 1.82) is 0 Å². The van der Waals surface area contributed by atoms with Crippen molar-refractivity contribution in [1.82, 2.24) is 19.7 Å². The molecule has 0 bridgehead atoms. The van der Waals surface area contributed by atoms with Gasteiger partial charge in [-0.2, -0.15) is 5.10 Å². The highest BCUT2D eigenvalue weighted by atomic mass is 16.2. The quantitative estimate of drug-likeness (QED) is 0.801. The van der Waals surface area contributed by atoms with E-state index in [-0.39, 0.29) is 11.9 Å². The third-order valence-electron chi connectivity index (χ3n) is 3.54. The fourth-order valence-electron chi connectivity index (χ4n) is 2.50. The average Bonchev–Trinajstić information content (AvgIpc) is 3.17. The standard InChI is InChI=1S/C15H16N4O/c1-2-12-6-5-9-18(12)15(20)13-7-3-4-8-14(13)19-11-16-10-17-19/h3-8,10-12H,2,9H2,1H3. The van der Waals surface area contributed by atoms with Crippen molar-refractivity contribution in [2.45, 2.75) is 19.4 Å². The first kappa shape index (κ1) is 12.6. The first-order chi connectivity index (χ1) is 9.81. The number of amides is 1. The Morgan fingerprint density at radius 1 is 1.40 bits per heavy atom. The molecule has 2 heterocycles. The van der Waals surface area contributed by atoms with Crippen LogP contribution in [0.4, 0.5) is 0 Å². The molecule has 0 aliphatic carbocycles. The highest BCUT2D eigenvalue weighted by Gasteiger charge is 2.26. The minimum Gasteiger partial charge on any atom is -0.328 e. The van der Waals surface area contributed by atoms with Gasteiger partial charge in [-0.1, -0.05) is 31.2 Å². The molecule has 0 saturated heterocycles. The summed E-state index contributed by atoms with van der Waals surface area (Å²) in [6.07, 6.45) is 8.13. The van der Waals surface area contributed by atoms with E-state index in [1.807, 2.05) is 35.2 Å². The topological polar surface area (TPSA) is 51.0 Å². The Morgan fingerprint density at radius 3 is 3.00 bits per heavy atom. The van der Waals surface area contributed by atoms with Gasteiger partial charge in [0.25, 0.3) is 5.91 Å². The third kappa shape index (κ3) is 2.11. The lowest BCUT2D eigenvalue weighted by molar-refractivity contribution is 0.0747. The van der Waals surface area contributed by atoms with Crippen LogP contribution in [0.5, 0.6) is 0 Å². The molecular weight excluding hydrogens is 252 g/mol. The number of nitrogens with zero attached hydrogens (tertiary/aromatic N) is 4. The molecule has 0 fully saturated rings. The minimum absolute atomic E-state index is 0.0351. The Bertz CT molecular complexity index is 633. The smallest absolute Gasteiger partial charge is 0.256 e. The number of rotatable bonds is 3. The summed E-state index contributed by atoms with van der Waals surface area (Å²) in [5, 5.41) is 4.11. The predicted molar refractivity (Wildman–Crippen MR) is 75.6 cm³/mol. The first-order valence-electron chi connectivity index (χ1n) is 6.73. The molecule has 5 heteroatoms. The maximum absolute atomic E-state index is 12.8. The molecule has 1 aliphatic heterocycles. The minimum atomic E-state index is 0.0351. The predicted octanol–water partition coefficient (Wildman–Crippen LogP) is 2.06. The van der Waals surface area contributed by atoms with E-state index >= 15 is 0 Å². The summed E-state index contributed by atoms with van der Waals surface area (Å²) in [4.78, 5) is 18.6. The van der Waals surface area contributed by atoms with Crippen molar-refractivity contribution >= 4 is 5.91 Å². The van der Waals surface area contributed by atoms with Crippen LogP contribution < -0.4 is 0 Å². The van der Waals surface area contributed by atoms with E-state index in [9.17, 15) is 4.79 Å². The van der Waals surface area contributed by atoms with Crippen molar-refractivity contribution in [3.05, 3.63) is 54.6 Å². The molecule has 1 atom stereocenters. The maximum atomic E-state index is 12.8. The molecule has 20 heavy (non-hydrogen) atoms. The maximum Gasteiger partial charge on any atom is 0.256 e. The molecule has 0 N–H and O–H groups in total. The lowest BCUT2D eigenvalue weighted by atomic mass is 10.1. The zero-order chi connectivity index (χ0) is 13.9. The number of carbonyl (C=O) groups excluding carboxylic acids is 1. The molecule has 102 valence electrons. The number of benzene rings is 1. The highest BCUT2D eigenvalue weighted by molar-refractivity contribution is 5.98. The van der Waals surface area contributed by atoms with Crippen molar-refractivity contribution in [2.75, 3.05) is 6.54 Å². The van der Waals surface area contributed by atoms with Crippen LogP contribution in [0.3, 0.4) is 0 Å². The van der Waals surface area contributed by atoms with Crippen molar-refractivity contribution < 1.29 is 4.79 Å². The van der Waals surface area contributed by atoms with Crippen LogP contribution in [0.15, 0.2) is 49.1 Å². The molecule has 5 nitrogen and oxygen atoms in total. The van der Waals surface area contributed by atoms with Gasteiger partial charge < -0.3 is 4.90 Å². The van der Waals surface area contributed by atoms with E-state index in [0.29, 0.717) is 12.1 Å². The Balaban J connectivity index is 1.97. The van der Waals surface area contributed by atoms with Crippen LogP contribution in [0.25, 0.3) is 5.69 Å². The highest BCUT2D eigenvalue weighted by Crippen LogP contribution is 2.20. The molecule has 1 aromatic heterocycles. The number of hydrogen-bond acceptors (Lipinski definition) is 3. The van der Waals surface area contributed by atoms with E-state index in [4.69, 9.17) is 0 Å². The third-order valence-corrected chi connectivity index (χ3v) is 3.54. The molecule has 1 unspecified atom stereocenters. The zero-order valence-electron chi connectivity index (χ0n) is 11.3. The van der Waals surface area contributed by atoms with Gasteiger partial charge >= 0.3 is 0 Å². The van der Waals surface area contributed by atoms with E-state index in [1.165, 1.54) is 6.33 Å². The summed E-state index contributed by atoms with van der Waals surface area (Å²) >= 11 is 0. The van der Waals surface area contributed by atoms with E-state index in [2.05, 4.69) is 23.1 Å². The van der Waals surface area contributed by atoms with Gasteiger partial charge in [0.2, 0.25) is 0 Å². The van der Waals surface area contributed by atoms with E-state index in [0.717, 1.165) is 12.1 Å². The van der Waals surface area contributed by atoms with Gasteiger partial charge in [-0.05, 0) is 18.6 Å². The molecular formula is C15H16N4O. The normalized spacial score (nSPS) is 17.6. The lowest BCUT2D eigenvalue weighted by Crippen LogP contribution is -2.36. The van der Waals surface area contributed by atoms with Gasteiger partial charge in [0.05, 0.1) is 17.3 Å². The van der Waals surface area contributed by atoms with Crippen molar-refractivity contribution in [2.24, 2.45) is 0 Å². The molecule has 0 saturated carbocycles. The number of hydrogen-bond donors (Lipinski definition) is 0. The molecule has 0 radical (unpaired) electrons. The molecule has 1 aromatic carbocycles. The van der Waals surface area contributed by atoms with Crippen LogP contribution >= 0.6 is 0 Å². The molecule has 1 amide bonds. The second-order valence-corrected chi connectivity index (χ2v) is 4.72. The number of carbonyl (C=O) groups is 1. The second kappa shape index (κ2) is 5.28. The Kier molecular flexibility index (Phi) is 3.33. The van der Waals surface area contributed by atoms with Crippen molar-refractivity contribution in [3.63, 3.8) is 0 Å². The van der Waals surface area contributed by atoms with Gasteiger partial charge in [0.15, 0.2) is 0 Å². The second-order valence-electron chi connectivity index (χ2n) is 4.72. The molecule has 2 aromatic rings. The Morgan fingerprint density at radius 2 is 2.25 bits per heavy atom. The summed E-state index contributed by atoms with van der Waals surface area (Å²) in [5.74, 6) is 0.0351. The van der Waals surface area contributed by atoms with Crippen LogP contribution in [0, 0.1) is 0 Å². The summed E-state index contributed by atoms with van der Waals surface area (Å²) in [5.41, 5.74) is 1.41. The van der Waals surface area contributed by atoms with Crippen LogP contribution in [0.2, 0.25) is 0 Å². The van der Waals surface area contributed by atoms with E-state index < -0.39 is 0 Å². The van der Waals surface area contributed by atoms with Crippen LogP contribution in [-0.4, -0.2) is 38.2 Å². The lowest BCUT2D eigenvalue weighted by Gasteiger charge is -2.24. The molecule has 0 spiro atoms. The zero-order valence-corrected chi connectivity index (χ0v) is 11.3. The first-order valence-corrected chi connectivity index (χ1v) is 6.73. The van der Waals surface area contributed by atoms with Gasteiger partial charge in [0, 0.05) is 6.54 Å². The van der Waals surface area contributed by atoms with Gasteiger partial charge in [0.1, 0.15) is 12.7 Å². The molecule has 3 rings (SSSR count). The largest absolute Gasteiger partial charge is 0.328 e. The monoisotopic (exact) mass is 268 g/mol. The summed E-state index contributed by atoms with van der Waals surface area (Å²) < 4.78 is 1.62. The summed E-state index contributed by atoms with van der Waals surface area (Å²) in [7, 11) is 0. The number of aromatic nitrogens is 3. The summed E-state index contributed by atoms with van der Waals surface area (Å²) in [6, 6.07) is 7.67. The SMILES string of the molecule is CCC1C=CCN1C(=O)c1ccccc1-n1cncn1. The Labute approximate surface area is 117 Å². The molecule has 1 aliphatic rings. The van der Waals surface area contributed by atoms with E-state index in [1.54, 1.807) is 11.0 Å². The fourth-order valence-corrected chi connectivity index (χ4v) is 2.50. The van der Waals surface area contributed by atoms with Gasteiger partial charge in [-0.3, -0.25) is 4.79 Å². The number of para-hydroxylation sites is 1. The fraction of sp³-hybridized carbons (Fsp3) is 0.267. The van der Waals surface area contributed by atoms with Crippen LogP contribution in [-0.2, 0) is 0 Å². The van der Waals surface area contributed by atoms with Gasteiger partial charge in [-0.15, -0.1) is 0 Å². The van der Waals surface area contributed by atoms with Crippen LogP contribution in [0.1, 0.15) is 23.7 Å². The van der Waals surface area contributed by atoms with Crippen molar-refractivity contribution in [3.8, 4) is 5.69 Å². The average molecular weight is 268 g/mol. The van der Waals surface area contributed by atoms with Gasteiger partial charge in [-0.25, -0.2) is 9.67 Å². The Hall–Kier alpha value is -2.43. The summed E-state index contributed by atoms with van der Waals surface area (Å²) in [6.45, 7) is 2.76.